The van der Waals surface area contributed by atoms with E-state index in [1.165, 1.54) is 6.07 Å². The van der Waals surface area contributed by atoms with Crippen molar-refractivity contribution in [2.45, 2.75) is 5.60 Å². The molecule has 128 valence electrons. The predicted octanol–water partition coefficient (Wildman–Crippen LogP) is 4.90. The zero-order valence-corrected chi connectivity index (χ0v) is 14.1. The maximum atomic E-state index is 14.9. The topological polar surface area (TPSA) is 25.2 Å². The molecule has 3 aromatic carbocycles. The van der Waals surface area contributed by atoms with Gasteiger partial charge in [-0.1, -0.05) is 60.7 Å². The number of hydrogen-bond acceptors (Lipinski definition) is 1. The molecule has 0 atom stereocenters. The highest BCUT2D eigenvalue weighted by Crippen LogP contribution is 2.38. The summed E-state index contributed by atoms with van der Waals surface area (Å²) in [6.07, 6.45) is 3.78. The van der Waals surface area contributed by atoms with Gasteiger partial charge in [0.2, 0.25) is 0 Å². The summed E-state index contributed by atoms with van der Waals surface area (Å²) in [6.45, 7) is 0. The van der Waals surface area contributed by atoms with Crippen molar-refractivity contribution in [3.05, 3.63) is 126 Å². The minimum absolute atomic E-state index is 0.223. The lowest BCUT2D eigenvalue weighted by Crippen LogP contribution is -2.30. The Morgan fingerprint density at radius 1 is 0.692 bits per heavy atom. The Bertz CT molecular complexity index is 956. The zero-order chi connectivity index (χ0) is 18.0. The first-order valence-corrected chi connectivity index (χ1v) is 8.46. The van der Waals surface area contributed by atoms with Crippen molar-refractivity contribution in [3.8, 4) is 5.69 Å². The molecule has 4 aromatic rings. The van der Waals surface area contributed by atoms with E-state index in [9.17, 15) is 9.50 Å². The van der Waals surface area contributed by atoms with Crippen LogP contribution in [0.15, 0.2) is 103 Å². The van der Waals surface area contributed by atoms with Crippen molar-refractivity contribution < 1.29 is 9.50 Å². The molecule has 0 amide bonds. The molecular weight excluding hydrogens is 325 g/mol. The van der Waals surface area contributed by atoms with Crippen LogP contribution in [0.2, 0.25) is 0 Å². The van der Waals surface area contributed by atoms with Gasteiger partial charge >= 0.3 is 0 Å². The van der Waals surface area contributed by atoms with Gasteiger partial charge in [-0.05, 0) is 41.5 Å². The molecule has 0 aliphatic heterocycles. The van der Waals surface area contributed by atoms with Crippen LogP contribution in [-0.4, -0.2) is 9.67 Å². The van der Waals surface area contributed by atoms with Gasteiger partial charge in [-0.25, -0.2) is 4.39 Å². The Hall–Kier alpha value is -3.17. The fraction of sp³-hybridized carbons (Fsp3) is 0.0435. The van der Waals surface area contributed by atoms with E-state index in [0.717, 1.165) is 5.69 Å². The van der Waals surface area contributed by atoms with Crippen molar-refractivity contribution in [1.29, 1.82) is 0 Å². The lowest BCUT2D eigenvalue weighted by molar-refractivity contribution is 0.121. The van der Waals surface area contributed by atoms with Crippen LogP contribution in [0, 0.1) is 5.82 Å². The molecule has 0 saturated heterocycles. The third-order valence-electron chi connectivity index (χ3n) is 4.63. The molecule has 1 heterocycles. The Kier molecular flexibility index (Phi) is 4.15. The summed E-state index contributed by atoms with van der Waals surface area (Å²) in [6, 6.07) is 27.0. The predicted molar refractivity (Wildman–Crippen MR) is 101 cm³/mol. The summed E-state index contributed by atoms with van der Waals surface area (Å²) < 4.78 is 16.8. The van der Waals surface area contributed by atoms with Crippen LogP contribution in [0.1, 0.15) is 16.7 Å². The molecule has 0 fully saturated rings. The average Bonchev–Trinajstić information content (AvgIpc) is 3.24. The molecule has 4 rings (SSSR count). The quantitative estimate of drug-likeness (QED) is 0.524. The minimum atomic E-state index is -1.59. The second kappa shape index (κ2) is 6.62. The van der Waals surface area contributed by atoms with Gasteiger partial charge in [0.1, 0.15) is 11.4 Å². The Labute approximate surface area is 151 Å². The molecule has 1 N–H and O–H groups in total. The Morgan fingerprint density at radius 2 is 1.23 bits per heavy atom. The number of nitrogens with zero attached hydrogens (tertiary/aromatic N) is 1. The van der Waals surface area contributed by atoms with Crippen LogP contribution in [0.4, 0.5) is 4.39 Å². The van der Waals surface area contributed by atoms with Crippen LogP contribution in [0.5, 0.6) is 0 Å². The summed E-state index contributed by atoms with van der Waals surface area (Å²) in [7, 11) is 0. The molecular formula is C23H18FNO. The first-order valence-electron chi connectivity index (χ1n) is 8.46. The van der Waals surface area contributed by atoms with Gasteiger partial charge < -0.3 is 9.67 Å². The van der Waals surface area contributed by atoms with Gasteiger partial charge in [-0.2, -0.15) is 0 Å². The monoisotopic (exact) mass is 343 g/mol. The molecule has 2 nitrogen and oxygen atoms in total. The van der Waals surface area contributed by atoms with E-state index in [0.29, 0.717) is 11.1 Å². The smallest absolute Gasteiger partial charge is 0.143 e. The van der Waals surface area contributed by atoms with Gasteiger partial charge in [0.25, 0.3) is 0 Å². The zero-order valence-electron chi connectivity index (χ0n) is 14.1. The van der Waals surface area contributed by atoms with Gasteiger partial charge in [0.15, 0.2) is 0 Å². The number of benzene rings is 3. The maximum Gasteiger partial charge on any atom is 0.143 e. The average molecular weight is 343 g/mol. The minimum Gasteiger partial charge on any atom is -0.376 e. The Balaban J connectivity index is 1.97. The highest BCUT2D eigenvalue weighted by atomic mass is 19.1. The van der Waals surface area contributed by atoms with E-state index in [1.807, 2.05) is 89.8 Å². The summed E-state index contributed by atoms with van der Waals surface area (Å²) in [5.41, 5.74) is 0.665. The molecule has 0 radical (unpaired) electrons. The summed E-state index contributed by atoms with van der Waals surface area (Å²) in [4.78, 5) is 0. The van der Waals surface area contributed by atoms with Crippen molar-refractivity contribution in [3.63, 3.8) is 0 Å². The van der Waals surface area contributed by atoms with E-state index in [2.05, 4.69) is 0 Å². The number of rotatable bonds is 4. The largest absolute Gasteiger partial charge is 0.376 e. The second-order valence-electron chi connectivity index (χ2n) is 6.20. The van der Waals surface area contributed by atoms with Crippen LogP contribution in [-0.2, 0) is 5.60 Å². The SMILES string of the molecule is OC(c1ccccc1)(c1ccccc1)c1cc(-n2cccc2)ccc1F. The molecule has 26 heavy (non-hydrogen) atoms. The third kappa shape index (κ3) is 2.72. The van der Waals surface area contributed by atoms with Crippen LogP contribution < -0.4 is 0 Å². The first kappa shape index (κ1) is 16.3. The maximum absolute atomic E-state index is 14.9. The normalized spacial score (nSPS) is 11.5. The fourth-order valence-corrected chi connectivity index (χ4v) is 3.29. The fourth-order valence-electron chi connectivity index (χ4n) is 3.29. The van der Waals surface area contributed by atoms with Crippen LogP contribution >= 0.6 is 0 Å². The second-order valence-corrected chi connectivity index (χ2v) is 6.20. The molecule has 0 unspecified atom stereocenters. The number of aliphatic hydroxyl groups is 1. The molecule has 1 aromatic heterocycles. The van der Waals surface area contributed by atoms with Gasteiger partial charge in [0.05, 0.1) is 0 Å². The van der Waals surface area contributed by atoms with Crippen molar-refractivity contribution in [2.24, 2.45) is 0 Å². The number of aromatic nitrogens is 1. The van der Waals surface area contributed by atoms with E-state index in [-0.39, 0.29) is 5.56 Å². The molecule has 0 aliphatic carbocycles. The molecule has 0 aliphatic rings. The van der Waals surface area contributed by atoms with Crippen LogP contribution in [0.3, 0.4) is 0 Å². The summed E-state index contributed by atoms with van der Waals surface area (Å²) >= 11 is 0. The van der Waals surface area contributed by atoms with E-state index >= 15 is 0 Å². The third-order valence-corrected chi connectivity index (χ3v) is 4.63. The lowest BCUT2D eigenvalue weighted by Gasteiger charge is -2.31. The number of halogens is 1. The van der Waals surface area contributed by atoms with Gasteiger partial charge in [-0.15, -0.1) is 0 Å². The molecule has 0 saturated carbocycles. The number of hydrogen-bond donors (Lipinski definition) is 1. The van der Waals surface area contributed by atoms with Crippen molar-refractivity contribution in [2.75, 3.05) is 0 Å². The Morgan fingerprint density at radius 3 is 1.77 bits per heavy atom. The van der Waals surface area contributed by atoms with E-state index in [1.54, 1.807) is 12.1 Å². The van der Waals surface area contributed by atoms with Gasteiger partial charge in [-0.3, -0.25) is 0 Å². The van der Waals surface area contributed by atoms with Crippen molar-refractivity contribution >= 4 is 0 Å². The van der Waals surface area contributed by atoms with Gasteiger partial charge in [0, 0.05) is 23.6 Å². The lowest BCUT2D eigenvalue weighted by atomic mass is 9.80. The highest BCUT2D eigenvalue weighted by Gasteiger charge is 2.36. The molecule has 0 spiro atoms. The highest BCUT2D eigenvalue weighted by molar-refractivity contribution is 5.50. The van der Waals surface area contributed by atoms with E-state index < -0.39 is 11.4 Å². The van der Waals surface area contributed by atoms with E-state index in [4.69, 9.17) is 0 Å². The van der Waals surface area contributed by atoms with Crippen LogP contribution in [0.25, 0.3) is 5.69 Å². The van der Waals surface area contributed by atoms with Crippen molar-refractivity contribution in [1.82, 2.24) is 4.57 Å². The molecule has 0 bridgehead atoms. The summed E-state index contributed by atoms with van der Waals surface area (Å²) in [5, 5.41) is 11.8. The summed E-state index contributed by atoms with van der Waals surface area (Å²) in [5.74, 6) is -0.448. The molecule has 3 heteroatoms. The standard InChI is InChI=1S/C23H18FNO/c24-22-14-13-20(25-15-7-8-16-25)17-21(22)23(26,18-9-3-1-4-10-18)19-11-5-2-6-12-19/h1-17,26H. The first-order chi connectivity index (χ1) is 12.7.